The molecule has 0 saturated carbocycles. The van der Waals surface area contributed by atoms with Crippen molar-refractivity contribution in [2.24, 2.45) is 0 Å². The van der Waals surface area contributed by atoms with Crippen molar-refractivity contribution < 1.29 is 14.3 Å². The minimum absolute atomic E-state index is 0.173. The van der Waals surface area contributed by atoms with Crippen molar-refractivity contribution in [3.8, 4) is 27.9 Å². The quantitative estimate of drug-likeness (QED) is 0.405. The Hall–Kier alpha value is -3.36. The fraction of sp³-hybridized carbons (Fsp3) is 0.174. The number of hydrogen-bond acceptors (Lipinski definition) is 6. The van der Waals surface area contributed by atoms with Crippen LogP contribution in [0.15, 0.2) is 53.9 Å². The molecule has 0 bridgehead atoms. The van der Waals surface area contributed by atoms with E-state index in [-0.39, 0.29) is 12.3 Å². The maximum absolute atomic E-state index is 12.7. The van der Waals surface area contributed by atoms with Crippen LogP contribution in [0.2, 0.25) is 5.02 Å². The molecule has 9 heteroatoms. The van der Waals surface area contributed by atoms with Crippen LogP contribution in [0.25, 0.3) is 16.4 Å². The number of aryl methyl sites for hydroxylation is 1. The lowest BCUT2D eigenvalue weighted by atomic mass is 10.1. The van der Waals surface area contributed by atoms with Crippen molar-refractivity contribution in [1.82, 2.24) is 14.8 Å². The van der Waals surface area contributed by atoms with Crippen LogP contribution in [0.4, 0.5) is 5.82 Å². The number of anilines is 1. The monoisotopic (exact) mass is 468 g/mol. The largest absolute Gasteiger partial charge is 0.493 e. The lowest BCUT2D eigenvalue weighted by Crippen LogP contribution is -2.17. The summed E-state index contributed by atoms with van der Waals surface area (Å²) >= 11 is 7.42. The van der Waals surface area contributed by atoms with E-state index in [1.807, 2.05) is 48.7 Å². The fourth-order valence-corrected chi connectivity index (χ4v) is 4.13. The van der Waals surface area contributed by atoms with Gasteiger partial charge in [0.15, 0.2) is 11.5 Å². The first-order valence-corrected chi connectivity index (χ1v) is 11.0. The lowest BCUT2D eigenvalue weighted by Gasteiger charge is -2.10. The highest BCUT2D eigenvalue weighted by Crippen LogP contribution is 2.29. The van der Waals surface area contributed by atoms with Crippen LogP contribution < -0.4 is 14.8 Å². The predicted octanol–water partition coefficient (Wildman–Crippen LogP) is 5.16. The van der Waals surface area contributed by atoms with Gasteiger partial charge in [-0.15, -0.1) is 11.3 Å². The fourth-order valence-electron chi connectivity index (χ4n) is 3.21. The van der Waals surface area contributed by atoms with E-state index < -0.39 is 0 Å². The van der Waals surface area contributed by atoms with Gasteiger partial charge in [0, 0.05) is 22.0 Å². The van der Waals surface area contributed by atoms with Crippen LogP contribution in [0.3, 0.4) is 0 Å². The lowest BCUT2D eigenvalue weighted by molar-refractivity contribution is -0.115. The first kappa shape index (κ1) is 21.9. The van der Waals surface area contributed by atoms with Gasteiger partial charge >= 0.3 is 0 Å². The zero-order chi connectivity index (χ0) is 22.7. The molecule has 0 unspecified atom stereocenters. The smallest absolute Gasteiger partial charge is 0.229 e. The standard InChI is InChI=1S/C23H21ClN4O3S/c1-14-10-21(26-22(29)12-15-4-9-19(30-2)20(11-15)31-3)28(27-14)23-25-18(13-32-23)16-5-7-17(24)8-6-16/h4-11,13H,12H2,1-3H3,(H,26,29). The van der Waals surface area contributed by atoms with Crippen LogP contribution in [-0.2, 0) is 11.2 Å². The van der Waals surface area contributed by atoms with Gasteiger partial charge in [-0.05, 0) is 36.8 Å². The third-order valence-electron chi connectivity index (χ3n) is 4.72. The van der Waals surface area contributed by atoms with Gasteiger partial charge in [0.1, 0.15) is 5.82 Å². The van der Waals surface area contributed by atoms with Crippen LogP contribution in [0, 0.1) is 6.92 Å². The Bertz CT molecular complexity index is 1250. The Morgan fingerprint density at radius 2 is 1.84 bits per heavy atom. The maximum atomic E-state index is 12.7. The summed E-state index contributed by atoms with van der Waals surface area (Å²) in [7, 11) is 3.14. The van der Waals surface area contributed by atoms with Gasteiger partial charge in [-0.1, -0.05) is 29.8 Å². The van der Waals surface area contributed by atoms with Crippen molar-refractivity contribution >= 4 is 34.7 Å². The second-order valence-corrected chi connectivity index (χ2v) is 8.29. The summed E-state index contributed by atoms with van der Waals surface area (Å²) in [6.07, 6.45) is 0.179. The average Bonchev–Trinajstić information content (AvgIpc) is 3.40. The zero-order valence-electron chi connectivity index (χ0n) is 17.8. The van der Waals surface area contributed by atoms with E-state index in [9.17, 15) is 4.79 Å². The van der Waals surface area contributed by atoms with E-state index in [0.29, 0.717) is 27.5 Å². The van der Waals surface area contributed by atoms with E-state index >= 15 is 0 Å². The zero-order valence-corrected chi connectivity index (χ0v) is 19.3. The van der Waals surface area contributed by atoms with Crippen molar-refractivity contribution in [1.29, 1.82) is 0 Å². The molecule has 32 heavy (non-hydrogen) atoms. The molecule has 164 valence electrons. The molecule has 2 heterocycles. The molecule has 0 radical (unpaired) electrons. The molecule has 0 atom stereocenters. The average molecular weight is 469 g/mol. The summed E-state index contributed by atoms with van der Waals surface area (Å²) in [6.45, 7) is 1.87. The molecule has 0 aliphatic carbocycles. The molecule has 0 spiro atoms. The Balaban J connectivity index is 1.53. The van der Waals surface area contributed by atoms with E-state index in [2.05, 4.69) is 15.4 Å². The summed E-state index contributed by atoms with van der Waals surface area (Å²) in [5.41, 5.74) is 3.36. The molecule has 2 aromatic carbocycles. The molecule has 2 aromatic heterocycles. The van der Waals surface area contributed by atoms with Gasteiger partial charge in [-0.3, -0.25) is 4.79 Å². The number of hydrogen-bond donors (Lipinski definition) is 1. The number of nitrogens with zero attached hydrogens (tertiary/aromatic N) is 3. The van der Waals surface area contributed by atoms with E-state index in [1.165, 1.54) is 11.3 Å². The van der Waals surface area contributed by atoms with Crippen molar-refractivity contribution in [3.05, 3.63) is 70.2 Å². The highest BCUT2D eigenvalue weighted by Gasteiger charge is 2.15. The first-order valence-electron chi connectivity index (χ1n) is 9.76. The molecule has 1 N–H and O–H groups in total. The van der Waals surface area contributed by atoms with Gasteiger partial charge in [-0.2, -0.15) is 9.78 Å². The first-order chi connectivity index (χ1) is 15.5. The number of benzene rings is 2. The highest BCUT2D eigenvalue weighted by molar-refractivity contribution is 7.12. The number of halogens is 1. The number of methoxy groups -OCH3 is 2. The Morgan fingerprint density at radius 1 is 1.09 bits per heavy atom. The molecule has 4 rings (SSSR count). The molecule has 1 amide bonds. The van der Waals surface area contributed by atoms with Gasteiger partial charge < -0.3 is 14.8 Å². The Morgan fingerprint density at radius 3 is 2.56 bits per heavy atom. The van der Waals surface area contributed by atoms with Crippen LogP contribution in [0.1, 0.15) is 11.3 Å². The number of thiazole rings is 1. The second kappa shape index (κ2) is 9.42. The summed E-state index contributed by atoms with van der Waals surface area (Å²) in [6, 6.07) is 14.7. The molecule has 0 aliphatic heterocycles. The molecule has 0 saturated heterocycles. The summed E-state index contributed by atoms with van der Waals surface area (Å²) in [5, 5.41) is 10.7. The summed E-state index contributed by atoms with van der Waals surface area (Å²) in [5.74, 6) is 1.58. The van der Waals surface area contributed by atoms with Gasteiger partial charge in [0.2, 0.25) is 11.0 Å². The van der Waals surface area contributed by atoms with Crippen molar-refractivity contribution in [3.63, 3.8) is 0 Å². The van der Waals surface area contributed by atoms with Crippen LogP contribution in [0.5, 0.6) is 11.5 Å². The van der Waals surface area contributed by atoms with E-state index in [4.69, 9.17) is 21.1 Å². The maximum Gasteiger partial charge on any atom is 0.229 e. The molecule has 4 aromatic rings. The number of amides is 1. The Labute approximate surface area is 194 Å². The molecular weight excluding hydrogens is 448 g/mol. The minimum atomic E-state index is -0.173. The molecular formula is C23H21ClN4O3S. The number of rotatable bonds is 7. The minimum Gasteiger partial charge on any atom is -0.493 e. The van der Waals surface area contributed by atoms with Gasteiger partial charge in [-0.25, -0.2) is 4.98 Å². The second-order valence-electron chi connectivity index (χ2n) is 7.02. The summed E-state index contributed by atoms with van der Waals surface area (Å²) < 4.78 is 12.2. The SMILES string of the molecule is COc1ccc(CC(=O)Nc2cc(C)nn2-c2nc(-c3ccc(Cl)cc3)cs2)cc1OC. The molecule has 0 aliphatic rings. The van der Waals surface area contributed by atoms with Crippen molar-refractivity contribution in [2.45, 2.75) is 13.3 Å². The van der Waals surface area contributed by atoms with E-state index in [0.717, 1.165) is 22.5 Å². The number of carbonyl (C=O) groups is 1. The van der Waals surface area contributed by atoms with Gasteiger partial charge in [0.25, 0.3) is 0 Å². The summed E-state index contributed by atoms with van der Waals surface area (Å²) in [4.78, 5) is 17.4. The van der Waals surface area contributed by atoms with Gasteiger partial charge in [0.05, 0.1) is 32.0 Å². The third-order valence-corrected chi connectivity index (χ3v) is 5.79. The van der Waals surface area contributed by atoms with Crippen molar-refractivity contribution in [2.75, 3.05) is 19.5 Å². The normalized spacial score (nSPS) is 10.8. The highest BCUT2D eigenvalue weighted by atomic mass is 35.5. The number of ether oxygens (including phenoxy) is 2. The van der Waals surface area contributed by atoms with E-state index in [1.54, 1.807) is 31.0 Å². The number of aromatic nitrogens is 3. The predicted molar refractivity (Wildman–Crippen MR) is 126 cm³/mol. The van der Waals surface area contributed by atoms with Crippen LogP contribution >= 0.6 is 22.9 Å². The third kappa shape index (κ3) is 4.76. The Kier molecular flexibility index (Phi) is 6.43. The number of carbonyl (C=O) groups excluding carboxylic acids is 1. The number of nitrogens with one attached hydrogen (secondary N) is 1. The van der Waals surface area contributed by atoms with Crippen LogP contribution in [-0.4, -0.2) is 34.9 Å². The topological polar surface area (TPSA) is 78.3 Å². The molecule has 0 fully saturated rings. The molecule has 7 nitrogen and oxygen atoms in total.